The molecule has 0 aliphatic carbocycles. The summed E-state index contributed by atoms with van der Waals surface area (Å²) in [6.07, 6.45) is 2.45. The van der Waals surface area contributed by atoms with E-state index in [2.05, 4.69) is 15.5 Å². The maximum atomic E-state index is 12.1. The Morgan fingerprint density at radius 3 is 2.83 bits per heavy atom. The van der Waals surface area contributed by atoms with E-state index in [-0.39, 0.29) is 5.57 Å². The van der Waals surface area contributed by atoms with Gasteiger partial charge in [-0.1, -0.05) is 18.2 Å². The van der Waals surface area contributed by atoms with Crippen molar-refractivity contribution in [2.45, 2.75) is 13.3 Å². The molecule has 1 saturated heterocycles. The zero-order chi connectivity index (χ0) is 17.2. The molecule has 1 fully saturated rings. The molecule has 6 heteroatoms. The first-order valence-electron chi connectivity index (χ1n) is 8.21. The van der Waals surface area contributed by atoms with Crippen LogP contribution in [0.3, 0.4) is 0 Å². The number of carbonyl (C=O) groups is 1. The largest absolute Gasteiger partial charge is 0.390 e. The van der Waals surface area contributed by atoms with Crippen molar-refractivity contribution < 1.29 is 9.53 Å². The smallest absolute Gasteiger partial charge is 0.267 e. The lowest BCUT2D eigenvalue weighted by Gasteiger charge is -2.26. The monoisotopic (exact) mass is 328 g/mol. The highest BCUT2D eigenvalue weighted by molar-refractivity contribution is 6.06. The highest BCUT2D eigenvalue weighted by atomic mass is 16.5. The van der Waals surface area contributed by atoms with Gasteiger partial charge in [0.2, 0.25) is 0 Å². The molecule has 0 radical (unpaired) electrons. The van der Waals surface area contributed by atoms with Crippen LogP contribution in [0, 0.1) is 18.3 Å². The molecule has 2 rings (SSSR count). The van der Waals surface area contributed by atoms with E-state index in [0.717, 1.165) is 57.1 Å². The van der Waals surface area contributed by atoms with Gasteiger partial charge in [-0.05, 0) is 31.5 Å². The molecule has 0 spiro atoms. The van der Waals surface area contributed by atoms with E-state index in [1.807, 2.05) is 37.3 Å². The number of hydrogen-bond acceptors (Lipinski definition) is 5. The first-order chi connectivity index (χ1) is 11.7. The van der Waals surface area contributed by atoms with E-state index < -0.39 is 5.91 Å². The molecule has 0 aromatic heterocycles. The minimum atomic E-state index is -0.396. The van der Waals surface area contributed by atoms with Gasteiger partial charge in [-0.3, -0.25) is 9.69 Å². The second-order valence-electron chi connectivity index (χ2n) is 5.70. The van der Waals surface area contributed by atoms with Gasteiger partial charge in [-0.25, -0.2) is 0 Å². The standard InChI is InChI=1S/C18H24N4O2/c1-15-5-2-3-6-17(15)21-18(23)16(13-19)14-20-7-4-8-22-9-11-24-12-10-22/h2-3,5-6,14,20H,4,7-12H2,1H3,(H,21,23)/b16-14-. The lowest BCUT2D eigenvalue weighted by molar-refractivity contribution is -0.112. The molecule has 0 bridgehead atoms. The summed E-state index contributed by atoms with van der Waals surface area (Å²) in [6.45, 7) is 7.16. The normalized spacial score (nSPS) is 15.6. The van der Waals surface area contributed by atoms with Gasteiger partial charge in [0.15, 0.2) is 0 Å². The molecule has 0 saturated carbocycles. The van der Waals surface area contributed by atoms with Gasteiger partial charge < -0.3 is 15.4 Å². The molecule has 24 heavy (non-hydrogen) atoms. The number of aryl methyl sites for hydroxylation is 1. The van der Waals surface area contributed by atoms with Crippen molar-refractivity contribution in [3.63, 3.8) is 0 Å². The highest BCUT2D eigenvalue weighted by Crippen LogP contribution is 2.13. The molecule has 1 aliphatic rings. The number of para-hydroxylation sites is 1. The summed E-state index contributed by atoms with van der Waals surface area (Å²) in [7, 11) is 0. The minimum Gasteiger partial charge on any atom is -0.390 e. The van der Waals surface area contributed by atoms with Gasteiger partial charge in [-0.15, -0.1) is 0 Å². The van der Waals surface area contributed by atoms with Crippen LogP contribution in [0.4, 0.5) is 5.69 Å². The van der Waals surface area contributed by atoms with Crippen LogP contribution >= 0.6 is 0 Å². The molecular weight excluding hydrogens is 304 g/mol. The SMILES string of the molecule is Cc1ccccc1NC(=O)/C(C#N)=C\NCCCN1CCOCC1. The van der Waals surface area contributed by atoms with Crippen molar-refractivity contribution in [1.29, 1.82) is 5.26 Å². The van der Waals surface area contributed by atoms with Crippen LogP contribution < -0.4 is 10.6 Å². The predicted octanol–water partition coefficient (Wildman–Crippen LogP) is 1.65. The third-order valence-corrected chi connectivity index (χ3v) is 3.90. The van der Waals surface area contributed by atoms with E-state index in [4.69, 9.17) is 10.00 Å². The molecule has 2 N–H and O–H groups in total. The van der Waals surface area contributed by atoms with E-state index in [1.165, 1.54) is 6.20 Å². The number of hydrogen-bond donors (Lipinski definition) is 2. The second kappa shape index (κ2) is 9.71. The second-order valence-corrected chi connectivity index (χ2v) is 5.70. The minimum absolute atomic E-state index is 0.0737. The molecule has 0 unspecified atom stereocenters. The maximum absolute atomic E-state index is 12.1. The average Bonchev–Trinajstić information content (AvgIpc) is 2.61. The van der Waals surface area contributed by atoms with Crippen LogP contribution in [0.5, 0.6) is 0 Å². The van der Waals surface area contributed by atoms with Crippen LogP contribution in [-0.2, 0) is 9.53 Å². The molecular formula is C18H24N4O2. The maximum Gasteiger partial charge on any atom is 0.267 e. The Morgan fingerprint density at radius 1 is 1.38 bits per heavy atom. The summed E-state index contributed by atoms with van der Waals surface area (Å²) in [5.74, 6) is -0.396. The van der Waals surface area contributed by atoms with Crippen molar-refractivity contribution in [3.8, 4) is 6.07 Å². The lowest BCUT2D eigenvalue weighted by atomic mass is 10.2. The van der Waals surface area contributed by atoms with Gasteiger partial charge in [0.25, 0.3) is 5.91 Å². The van der Waals surface area contributed by atoms with Gasteiger partial charge in [0.05, 0.1) is 13.2 Å². The fourth-order valence-corrected chi connectivity index (χ4v) is 2.46. The van der Waals surface area contributed by atoms with Crippen LogP contribution in [0.15, 0.2) is 36.0 Å². The molecule has 1 aromatic rings. The Balaban J connectivity index is 1.75. The number of anilines is 1. The number of amides is 1. The summed E-state index contributed by atoms with van der Waals surface area (Å²) in [4.78, 5) is 14.5. The van der Waals surface area contributed by atoms with Crippen LogP contribution in [-0.4, -0.2) is 50.2 Å². The number of morpholine rings is 1. The predicted molar refractivity (Wildman–Crippen MR) is 93.4 cm³/mol. The Labute approximate surface area is 143 Å². The molecule has 1 aliphatic heterocycles. The number of nitrogens with one attached hydrogen (secondary N) is 2. The van der Waals surface area contributed by atoms with Gasteiger partial charge in [0, 0.05) is 31.5 Å². The lowest BCUT2D eigenvalue weighted by Crippen LogP contribution is -2.37. The number of benzene rings is 1. The molecule has 0 atom stereocenters. The van der Waals surface area contributed by atoms with Crippen molar-refractivity contribution in [2.75, 3.05) is 44.7 Å². The molecule has 128 valence electrons. The van der Waals surface area contributed by atoms with Gasteiger partial charge in [0.1, 0.15) is 11.6 Å². The molecule has 1 heterocycles. The van der Waals surface area contributed by atoms with Crippen LogP contribution in [0.2, 0.25) is 0 Å². The van der Waals surface area contributed by atoms with Gasteiger partial charge >= 0.3 is 0 Å². The van der Waals surface area contributed by atoms with Crippen molar-refractivity contribution in [2.24, 2.45) is 0 Å². The zero-order valence-corrected chi connectivity index (χ0v) is 14.0. The Kier molecular flexibility index (Phi) is 7.27. The summed E-state index contributed by atoms with van der Waals surface area (Å²) in [6, 6.07) is 9.43. The first-order valence-corrected chi connectivity index (χ1v) is 8.21. The van der Waals surface area contributed by atoms with Gasteiger partial charge in [-0.2, -0.15) is 5.26 Å². The van der Waals surface area contributed by atoms with E-state index in [1.54, 1.807) is 0 Å². The Bertz CT molecular complexity index is 616. The number of nitriles is 1. The molecule has 1 amide bonds. The summed E-state index contributed by atoms with van der Waals surface area (Å²) in [5.41, 5.74) is 1.75. The summed E-state index contributed by atoms with van der Waals surface area (Å²) < 4.78 is 5.31. The fourth-order valence-electron chi connectivity index (χ4n) is 2.46. The fraction of sp³-hybridized carbons (Fsp3) is 0.444. The number of carbonyl (C=O) groups excluding carboxylic acids is 1. The third-order valence-electron chi connectivity index (χ3n) is 3.90. The Morgan fingerprint density at radius 2 is 2.12 bits per heavy atom. The number of ether oxygens (including phenoxy) is 1. The van der Waals surface area contributed by atoms with E-state index in [0.29, 0.717) is 0 Å². The Hall–Kier alpha value is -2.36. The van der Waals surface area contributed by atoms with E-state index in [9.17, 15) is 4.79 Å². The zero-order valence-electron chi connectivity index (χ0n) is 14.0. The molecule has 1 aromatic carbocycles. The number of rotatable bonds is 7. The topological polar surface area (TPSA) is 77.4 Å². The third kappa shape index (κ3) is 5.69. The highest BCUT2D eigenvalue weighted by Gasteiger charge is 2.11. The van der Waals surface area contributed by atoms with Crippen molar-refractivity contribution in [1.82, 2.24) is 10.2 Å². The molecule has 6 nitrogen and oxygen atoms in total. The number of nitrogens with zero attached hydrogens (tertiary/aromatic N) is 2. The van der Waals surface area contributed by atoms with Crippen LogP contribution in [0.25, 0.3) is 0 Å². The average molecular weight is 328 g/mol. The van der Waals surface area contributed by atoms with Crippen LogP contribution in [0.1, 0.15) is 12.0 Å². The summed E-state index contributed by atoms with van der Waals surface area (Å²) in [5, 5.41) is 15.0. The van der Waals surface area contributed by atoms with E-state index >= 15 is 0 Å². The van der Waals surface area contributed by atoms with Crippen molar-refractivity contribution in [3.05, 3.63) is 41.6 Å². The summed E-state index contributed by atoms with van der Waals surface area (Å²) >= 11 is 0. The van der Waals surface area contributed by atoms with Crippen molar-refractivity contribution >= 4 is 11.6 Å². The first kappa shape index (κ1) is 18.0. The quantitative estimate of drug-likeness (QED) is 0.452.